The number of ether oxygens (including phenoxy) is 1. The van der Waals surface area contributed by atoms with Crippen LogP contribution in [-0.4, -0.2) is 34.2 Å². The van der Waals surface area contributed by atoms with Crippen molar-refractivity contribution in [3.8, 4) is 0 Å². The Morgan fingerprint density at radius 2 is 2.09 bits per heavy atom. The molecule has 0 saturated carbocycles. The summed E-state index contributed by atoms with van der Waals surface area (Å²) in [6, 6.07) is 0. The van der Waals surface area contributed by atoms with Gasteiger partial charge in [0.25, 0.3) is 4.23 Å². The van der Waals surface area contributed by atoms with E-state index in [0.29, 0.717) is 0 Å². The van der Waals surface area contributed by atoms with Crippen molar-refractivity contribution in [1.29, 1.82) is 0 Å². The summed E-state index contributed by atoms with van der Waals surface area (Å²) in [4.78, 5) is 5.14. The molecule has 0 spiro atoms. The van der Waals surface area contributed by atoms with Gasteiger partial charge in [-0.15, -0.1) is 10.6 Å². The molecule has 0 aliphatic rings. The molecule has 0 aromatic carbocycles. The minimum atomic E-state index is 0.103. The summed E-state index contributed by atoms with van der Waals surface area (Å²) in [6.45, 7) is 3.93. The topological polar surface area (TPSA) is 37.3 Å². The highest BCUT2D eigenvalue weighted by atomic mass is 127. The van der Waals surface area contributed by atoms with Gasteiger partial charge in [0, 0.05) is 29.6 Å². The van der Waals surface area contributed by atoms with Crippen LogP contribution in [0.1, 0.15) is 13.8 Å². The molecule has 1 atom stereocenters. The lowest BCUT2D eigenvalue weighted by molar-refractivity contribution is -0.175. The first kappa shape index (κ1) is 11.6. The van der Waals surface area contributed by atoms with E-state index in [9.17, 15) is 0 Å². The van der Waals surface area contributed by atoms with Gasteiger partial charge in [0.1, 0.15) is 7.11 Å². The number of alkyl halides is 1. The molecule has 11 heavy (non-hydrogen) atoms. The monoisotopic (exact) mass is 275 g/mol. The van der Waals surface area contributed by atoms with Crippen LogP contribution in [0, 0.1) is 0 Å². The lowest BCUT2D eigenvalue weighted by Gasteiger charge is -2.20. The third-order valence-electron chi connectivity index (χ3n) is 0.965. The zero-order valence-corrected chi connectivity index (χ0v) is 9.49. The second kappa shape index (κ2) is 6.13. The Bertz CT molecular complexity index is 103. The van der Waals surface area contributed by atoms with Crippen molar-refractivity contribution in [2.75, 3.05) is 14.2 Å². The molecule has 0 rings (SSSR count). The average molecular weight is 275 g/mol. The Kier molecular flexibility index (Phi) is 6.44. The molecule has 0 bridgehead atoms. The van der Waals surface area contributed by atoms with Gasteiger partial charge in [0.2, 0.25) is 0 Å². The molecule has 0 heterocycles. The number of nitrogens with one attached hydrogen (secondary N) is 1. The van der Waals surface area contributed by atoms with Crippen molar-refractivity contribution in [2.24, 2.45) is 0 Å². The van der Waals surface area contributed by atoms with Crippen molar-refractivity contribution in [3.63, 3.8) is 0 Å². The summed E-state index contributed by atoms with van der Waals surface area (Å²) >= 11 is 2.20. The molecule has 0 aliphatic carbocycles. The molecule has 0 aliphatic heterocycles. The highest BCUT2D eigenvalue weighted by Gasteiger charge is 2.12. The molecule has 0 saturated heterocycles. The normalized spacial score (nSPS) is 14.5. The smallest absolute Gasteiger partial charge is 0.278 e. The maximum atomic E-state index is 5.14. The SMILES string of the molecule is C[OH+]C(I)N(C)NOC(C)C. The van der Waals surface area contributed by atoms with Gasteiger partial charge in [0.05, 0.1) is 6.10 Å². The Morgan fingerprint density at radius 3 is 2.45 bits per heavy atom. The van der Waals surface area contributed by atoms with E-state index in [0.717, 1.165) is 0 Å². The minimum Gasteiger partial charge on any atom is -0.413 e. The van der Waals surface area contributed by atoms with Gasteiger partial charge in [-0.1, -0.05) is 0 Å². The number of hydrazine groups is 1. The van der Waals surface area contributed by atoms with Crippen molar-refractivity contribution >= 4 is 22.6 Å². The van der Waals surface area contributed by atoms with E-state index >= 15 is 0 Å². The van der Waals surface area contributed by atoms with E-state index in [2.05, 4.69) is 32.9 Å². The molecule has 0 aromatic rings. The molecular formula is C6H16IN2O2+. The van der Waals surface area contributed by atoms with Gasteiger partial charge in [-0.25, -0.2) is 0 Å². The quantitative estimate of drug-likeness (QED) is 0.200. The Hall–Kier alpha value is 0.570. The summed E-state index contributed by atoms with van der Waals surface area (Å²) in [6.07, 6.45) is 0.179. The van der Waals surface area contributed by atoms with Crippen LogP contribution in [-0.2, 0) is 4.84 Å². The number of aliphatic hydroxyl groups is 2. The molecule has 4 nitrogen and oxygen atoms in total. The molecule has 68 valence electrons. The molecule has 0 aromatic heterocycles. The van der Waals surface area contributed by atoms with Crippen LogP contribution in [0.4, 0.5) is 0 Å². The number of nitrogens with zero attached hydrogens (tertiary/aromatic N) is 1. The lowest BCUT2D eigenvalue weighted by atomic mass is 10.5. The van der Waals surface area contributed by atoms with Gasteiger partial charge in [-0.2, -0.15) is 0 Å². The van der Waals surface area contributed by atoms with Crippen molar-refractivity contribution in [2.45, 2.75) is 24.2 Å². The fourth-order valence-electron chi connectivity index (χ4n) is 0.405. The third kappa shape index (κ3) is 5.80. The fourth-order valence-corrected chi connectivity index (χ4v) is 0.519. The third-order valence-corrected chi connectivity index (χ3v) is 2.36. The summed E-state index contributed by atoms with van der Waals surface area (Å²) in [5, 5.41) is 1.79. The van der Waals surface area contributed by atoms with E-state index in [4.69, 9.17) is 4.84 Å². The van der Waals surface area contributed by atoms with Gasteiger partial charge >= 0.3 is 0 Å². The van der Waals surface area contributed by atoms with Crippen LogP contribution in [0.3, 0.4) is 0 Å². The molecule has 5 heteroatoms. The zero-order valence-electron chi connectivity index (χ0n) is 7.34. The van der Waals surface area contributed by atoms with Crippen molar-refractivity contribution in [1.82, 2.24) is 10.6 Å². The van der Waals surface area contributed by atoms with E-state index < -0.39 is 0 Å². The second-order valence-corrected chi connectivity index (χ2v) is 3.55. The maximum Gasteiger partial charge on any atom is 0.278 e. The van der Waals surface area contributed by atoms with E-state index in [1.807, 2.05) is 20.9 Å². The fraction of sp³-hybridized carbons (Fsp3) is 1.00. The highest BCUT2D eigenvalue weighted by molar-refractivity contribution is 14.1. The predicted octanol–water partition coefficient (Wildman–Crippen LogP) is 0.639. The van der Waals surface area contributed by atoms with Crippen LogP contribution in [0.5, 0.6) is 0 Å². The van der Waals surface area contributed by atoms with Crippen molar-refractivity contribution < 1.29 is 9.57 Å². The largest absolute Gasteiger partial charge is 0.413 e. The van der Waals surface area contributed by atoms with Gasteiger partial charge in [-0.05, 0) is 13.8 Å². The predicted molar refractivity (Wildman–Crippen MR) is 53.1 cm³/mol. The molecular weight excluding hydrogens is 259 g/mol. The first-order chi connectivity index (χ1) is 5.07. The summed E-state index contributed by atoms with van der Waals surface area (Å²) in [7, 11) is 3.65. The van der Waals surface area contributed by atoms with Gasteiger partial charge < -0.3 is 4.74 Å². The lowest BCUT2D eigenvalue weighted by Crippen LogP contribution is -2.42. The zero-order chi connectivity index (χ0) is 8.85. The van der Waals surface area contributed by atoms with E-state index in [1.54, 1.807) is 12.1 Å². The highest BCUT2D eigenvalue weighted by Crippen LogP contribution is 2.00. The van der Waals surface area contributed by atoms with Crippen LogP contribution < -0.4 is 5.59 Å². The number of rotatable bonds is 5. The number of hydrogen-bond donors (Lipinski definition) is 1. The van der Waals surface area contributed by atoms with Crippen molar-refractivity contribution in [3.05, 3.63) is 0 Å². The Balaban J connectivity index is 3.43. The number of hydrogen-bond acceptors (Lipinski definition) is 3. The Morgan fingerprint density at radius 1 is 1.55 bits per heavy atom. The first-order valence-electron chi connectivity index (χ1n) is 3.45. The van der Waals surface area contributed by atoms with Crippen LogP contribution >= 0.6 is 22.6 Å². The van der Waals surface area contributed by atoms with E-state index in [-0.39, 0.29) is 10.3 Å². The maximum absolute atomic E-state index is 5.14. The van der Waals surface area contributed by atoms with Crippen LogP contribution in [0.2, 0.25) is 0 Å². The summed E-state index contributed by atoms with van der Waals surface area (Å²) in [5.74, 6) is 0. The molecule has 0 fully saturated rings. The van der Waals surface area contributed by atoms with E-state index in [1.165, 1.54) is 0 Å². The first-order valence-corrected chi connectivity index (χ1v) is 4.69. The second-order valence-electron chi connectivity index (χ2n) is 2.44. The number of halogens is 1. The molecule has 1 unspecified atom stereocenters. The van der Waals surface area contributed by atoms with Crippen LogP contribution in [0.15, 0.2) is 0 Å². The average Bonchev–Trinajstić information content (AvgIpc) is 1.98. The molecule has 0 radical (unpaired) electrons. The summed E-state index contributed by atoms with van der Waals surface area (Å²) in [5.41, 5.74) is 2.76. The minimum absolute atomic E-state index is 0.103. The standard InChI is InChI=1S/C6H15IN2O2/c1-5(2)11-8-9(3)6(7)10-4/h5-6,8H,1-4H3/p+1. The molecule has 0 amide bonds. The summed E-state index contributed by atoms with van der Waals surface area (Å²) < 4.78 is 4.14. The molecule has 2 N–H and O–H groups in total. The Labute approximate surface area is 81.3 Å². The van der Waals surface area contributed by atoms with Crippen LogP contribution in [0.25, 0.3) is 0 Å². The van der Waals surface area contributed by atoms with Gasteiger partial charge in [-0.3, -0.25) is 4.84 Å². The van der Waals surface area contributed by atoms with Gasteiger partial charge in [0.15, 0.2) is 0 Å².